The van der Waals surface area contributed by atoms with Gasteiger partial charge in [-0.25, -0.2) is 0 Å². The van der Waals surface area contributed by atoms with Crippen LogP contribution in [0.25, 0.3) is 0 Å². The van der Waals surface area contributed by atoms with Crippen molar-refractivity contribution in [1.82, 2.24) is 15.1 Å². The molecule has 1 aliphatic rings. The Morgan fingerprint density at radius 3 is 2.30 bits per heavy atom. The standard InChI is InChI=1S/C22H26ClF2N3O2/c23-19-6-2-18(3-7-19)15-27-10-1-11-28(13-12-27)16-21(29)26-14-17-4-8-20(9-5-17)30-22(24)25/h2-9,22H,1,10-16H2,(H,26,29). The predicted octanol–water partition coefficient (Wildman–Crippen LogP) is 3.77. The van der Waals surface area contributed by atoms with Gasteiger partial charge in [-0.3, -0.25) is 14.6 Å². The summed E-state index contributed by atoms with van der Waals surface area (Å²) < 4.78 is 28.7. The highest BCUT2D eigenvalue weighted by Crippen LogP contribution is 2.15. The zero-order valence-corrected chi connectivity index (χ0v) is 17.5. The third-order valence-corrected chi connectivity index (χ3v) is 5.26. The molecule has 2 aromatic carbocycles. The van der Waals surface area contributed by atoms with E-state index < -0.39 is 6.61 Å². The Hall–Kier alpha value is -2.22. The first-order valence-corrected chi connectivity index (χ1v) is 10.4. The number of nitrogens with zero attached hydrogens (tertiary/aromatic N) is 2. The highest BCUT2D eigenvalue weighted by Gasteiger charge is 2.17. The van der Waals surface area contributed by atoms with Crippen molar-refractivity contribution in [1.29, 1.82) is 0 Å². The van der Waals surface area contributed by atoms with E-state index in [0.29, 0.717) is 13.1 Å². The SMILES string of the molecule is O=C(CN1CCCN(Cc2ccc(Cl)cc2)CC1)NCc1ccc(OC(F)F)cc1. The van der Waals surface area contributed by atoms with Crippen molar-refractivity contribution in [2.45, 2.75) is 26.1 Å². The number of alkyl halides is 2. The number of amides is 1. The molecular weight excluding hydrogens is 412 g/mol. The zero-order valence-electron chi connectivity index (χ0n) is 16.7. The molecule has 0 aromatic heterocycles. The molecule has 0 spiro atoms. The van der Waals surface area contributed by atoms with Crippen molar-refractivity contribution in [2.24, 2.45) is 0 Å². The van der Waals surface area contributed by atoms with Crippen LogP contribution in [-0.4, -0.2) is 55.0 Å². The highest BCUT2D eigenvalue weighted by atomic mass is 35.5. The number of hydrogen-bond donors (Lipinski definition) is 1. The summed E-state index contributed by atoms with van der Waals surface area (Å²) in [6, 6.07) is 14.2. The molecule has 8 heteroatoms. The average Bonchev–Trinajstić information content (AvgIpc) is 2.94. The van der Waals surface area contributed by atoms with Crippen molar-refractivity contribution >= 4 is 17.5 Å². The number of rotatable bonds is 8. The van der Waals surface area contributed by atoms with E-state index in [-0.39, 0.29) is 11.7 Å². The Labute approximate surface area is 180 Å². The summed E-state index contributed by atoms with van der Waals surface area (Å²) in [5.41, 5.74) is 2.06. The van der Waals surface area contributed by atoms with E-state index in [2.05, 4.69) is 19.9 Å². The number of carbonyl (C=O) groups is 1. The van der Waals surface area contributed by atoms with Gasteiger partial charge in [-0.15, -0.1) is 0 Å². The van der Waals surface area contributed by atoms with Crippen LogP contribution < -0.4 is 10.1 Å². The summed E-state index contributed by atoms with van der Waals surface area (Å²) in [5.74, 6) is 0.0573. The Morgan fingerprint density at radius 2 is 1.60 bits per heavy atom. The van der Waals surface area contributed by atoms with Gasteiger partial charge in [-0.05, 0) is 54.9 Å². The Morgan fingerprint density at radius 1 is 0.967 bits per heavy atom. The van der Waals surface area contributed by atoms with Gasteiger partial charge in [-0.1, -0.05) is 35.9 Å². The van der Waals surface area contributed by atoms with Gasteiger partial charge >= 0.3 is 6.61 Å². The second-order valence-corrected chi connectivity index (χ2v) is 7.77. The van der Waals surface area contributed by atoms with Crippen molar-refractivity contribution in [3.8, 4) is 5.75 Å². The molecule has 0 radical (unpaired) electrons. The molecular formula is C22H26ClF2N3O2. The molecule has 1 amide bonds. The fourth-order valence-corrected chi connectivity index (χ4v) is 3.56. The van der Waals surface area contributed by atoms with Gasteiger partial charge in [-0.2, -0.15) is 8.78 Å². The lowest BCUT2D eigenvalue weighted by molar-refractivity contribution is -0.122. The van der Waals surface area contributed by atoms with E-state index in [9.17, 15) is 13.6 Å². The molecule has 30 heavy (non-hydrogen) atoms. The maximum atomic E-state index is 12.3. The molecule has 5 nitrogen and oxygen atoms in total. The van der Waals surface area contributed by atoms with Gasteiger partial charge in [0, 0.05) is 31.2 Å². The summed E-state index contributed by atoms with van der Waals surface area (Å²) in [7, 11) is 0. The number of ether oxygens (including phenoxy) is 1. The second-order valence-electron chi connectivity index (χ2n) is 7.33. The quantitative estimate of drug-likeness (QED) is 0.683. The van der Waals surface area contributed by atoms with E-state index in [1.807, 2.05) is 24.3 Å². The zero-order chi connectivity index (χ0) is 21.3. The normalized spacial score (nSPS) is 15.7. The number of nitrogens with one attached hydrogen (secondary N) is 1. The molecule has 0 aliphatic carbocycles. The predicted molar refractivity (Wildman–Crippen MR) is 113 cm³/mol. The molecule has 1 fully saturated rings. The smallest absolute Gasteiger partial charge is 0.387 e. The summed E-state index contributed by atoms with van der Waals surface area (Å²) >= 11 is 5.95. The fraction of sp³-hybridized carbons (Fsp3) is 0.409. The van der Waals surface area contributed by atoms with E-state index >= 15 is 0 Å². The molecule has 3 rings (SSSR count). The van der Waals surface area contributed by atoms with Gasteiger partial charge in [0.2, 0.25) is 5.91 Å². The van der Waals surface area contributed by atoms with Gasteiger partial charge in [0.05, 0.1) is 6.54 Å². The third-order valence-electron chi connectivity index (χ3n) is 5.01. The first-order chi connectivity index (χ1) is 14.5. The highest BCUT2D eigenvalue weighted by molar-refractivity contribution is 6.30. The van der Waals surface area contributed by atoms with E-state index in [1.54, 1.807) is 12.1 Å². The van der Waals surface area contributed by atoms with Crippen molar-refractivity contribution in [3.63, 3.8) is 0 Å². The van der Waals surface area contributed by atoms with Crippen LogP contribution in [0, 0.1) is 0 Å². The number of halogens is 3. The summed E-state index contributed by atoms with van der Waals surface area (Å²) in [5, 5.41) is 3.63. The molecule has 0 unspecified atom stereocenters. The Kier molecular flexibility index (Phi) is 8.42. The van der Waals surface area contributed by atoms with E-state index in [4.69, 9.17) is 11.6 Å². The summed E-state index contributed by atoms with van der Waals surface area (Å²) in [4.78, 5) is 16.9. The Bertz CT molecular complexity index is 803. The second kappa shape index (κ2) is 11.2. The summed E-state index contributed by atoms with van der Waals surface area (Å²) in [6.45, 7) is 2.35. The van der Waals surface area contributed by atoms with Crippen LogP contribution in [0.4, 0.5) is 8.78 Å². The minimum Gasteiger partial charge on any atom is -0.435 e. The molecule has 0 bridgehead atoms. The Balaban J connectivity index is 1.39. The maximum Gasteiger partial charge on any atom is 0.387 e. The lowest BCUT2D eigenvalue weighted by atomic mass is 10.2. The number of hydrogen-bond acceptors (Lipinski definition) is 4. The van der Waals surface area contributed by atoms with Crippen molar-refractivity contribution in [2.75, 3.05) is 32.7 Å². The molecule has 1 aliphatic heterocycles. The molecule has 1 N–H and O–H groups in total. The summed E-state index contributed by atoms with van der Waals surface area (Å²) in [6.07, 6.45) is 1.01. The average molecular weight is 438 g/mol. The van der Waals surface area contributed by atoms with Gasteiger partial charge in [0.1, 0.15) is 5.75 Å². The minimum absolute atomic E-state index is 0.0472. The third kappa shape index (κ3) is 7.55. The van der Waals surface area contributed by atoms with Crippen molar-refractivity contribution < 1.29 is 18.3 Å². The van der Waals surface area contributed by atoms with Crippen LogP contribution >= 0.6 is 11.6 Å². The molecule has 1 saturated heterocycles. The number of benzene rings is 2. The van der Waals surface area contributed by atoms with Gasteiger partial charge in [0.25, 0.3) is 0 Å². The van der Waals surface area contributed by atoms with Crippen LogP contribution in [0.3, 0.4) is 0 Å². The lowest BCUT2D eigenvalue weighted by Gasteiger charge is -2.21. The molecule has 0 saturated carbocycles. The molecule has 0 atom stereocenters. The van der Waals surface area contributed by atoms with Crippen LogP contribution in [-0.2, 0) is 17.9 Å². The van der Waals surface area contributed by atoms with E-state index in [1.165, 1.54) is 17.7 Å². The topological polar surface area (TPSA) is 44.8 Å². The van der Waals surface area contributed by atoms with Crippen LogP contribution in [0.2, 0.25) is 5.02 Å². The first-order valence-electron chi connectivity index (χ1n) is 9.97. The van der Waals surface area contributed by atoms with Crippen LogP contribution in [0.15, 0.2) is 48.5 Å². The van der Waals surface area contributed by atoms with Gasteiger partial charge in [0.15, 0.2) is 0 Å². The minimum atomic E-state index is -2.84. The first kappa shape index (κ1) is 22.5. The lowest BCUT2D eigenvalue weighted by Crippen LogP contribution is -2.39. The maximum absolute atomic E-state index is 12.3. The van der Waals surface area contributed by atoms with Crippen LogP contribution in [0.1, 0.15) is 17.5 Å². The van der Waals surface area contributed by atoms with E-state index in [0.717, 1.165) is 49.7 Å². The molecule has 2 aromatic rings. The monoisotopic (exact) mass is 437 g/mol. The molecule has 162 valence electrons. The largest absolute Gasteiger partial charge is 0.435 e. The van der Waals surface area contributed by atoms with Gasteiger partial charge < -0.3 is 10.1 Å². The molecule has 1 heterocycles. The fourth-order valence-electron chi connectivity index (χ4n) is 3.44. The van der Waals surface area contributed by atoms with Crippen molar-refractivity contribution in [3.05, 3.63) is 64.7 Å². The van der Waals surface area contributed by atoms with Crippen LogP contribution in [0.5, 0.6) is 5.75 Å². The number of carbonyl (C=O) groups excluding carboxylic acids is 1.